The van der Waals surface area contributed by atoms with Gasteiger partial charge in [-0.1, -0.05) is 6.92 Å². The number of amides is 1. The Labute approximate surface area is 107 Å². The lowest BCUT2D eigenvalue weighted by molar-refractivity contribution is 0.0627. The van der Waals surface area contributed by atoms with Crippen molar-refractivity contribution in [2.45, 2.75) is 38.6 Å². The van der Waals surface area contributed by atoms with Crippen LogP contribution in [0.25, 0.3) is 0 Å². The van der Waals surface area contributed by atoms with Crippen LogP contribution in [-0.2, 0) is 6.42 Å². The van der Waals surface area contributed by atoms with Crippen LogP contribution in [0.1, 0.15) is 41.4 Å². The second kappa shape index (κ2) is 5.65. The third-order valence-electron chi connectivity index (χ3n) is 3.48. The van der Waals surface area contributed by atoms with E-state index in [1.807, 2.05) is 10.3 Å². The number of likely N-dealkylation sites (tertiary alicyclic amines) is 1. The Bertz CT molecular complexity index is 389. The molecule has 1 aromatic heterocycles. The van der Waals surface area contributed by atoms with Crippen LogP contribution in [0, 0.1) is 0 Å². The van der Waals surface area contributed by atoms with Crippen molar-refractivity contribution >= 4 is 17.2 Å². The van der Waals surface area contributed by atoms with Crippen molar-refractivity contribution in [3.63, 3.8) is 0 Å². The first kappa shape index (κ1) is 12.6. The Hall–Kier alpha value is -0.870. The number of aryl methyl sites for hydroxylation is 1. The molecule has 0 bridgehead atoms. The Balaban J connectivity index is 2.18. The summed E-state index contributed by atoms with van der Waals surface area (Å²) in [5.41, 5.74) is 6.93. The molecular formula is C13H20N2OS. The summed E-state index contributed by atoms with van der Waals surface area (Å²) in [6.45, 7) is 3.54. The third kappa shape index (κ3) is 2.53. The fraction of sp³-hybridized carbons (Fsp3) is 0.615. The molecule has 0 spiro atoms. The summed E-state index contributed by atoms with van der Waals surface area (Å²) in [5, 5.41) is 2.01. The van der Waals surface area contributed by atoms with Gasteiger partial charge in [0.15, 0.2) is 0 Å². The summed E-state index contributed by atoms with van der Waals surface area (Å²) in [4.78, 5) is 15.4. The highest BCUT2D eigenvalue weighted by Crippen LogP contribution is 2.24. The number of hydrogen-bond donors (Lipinski definition) is 1. The highest BCUT2D eigenvalue weighted by Gasteiger charge is 2.27. The van der Waals surface area contributed by atoms with E-state index in [2.05, 4.69) is 13.0 Å². The topological polar surface area (TPSA) is 46.3 Å². The molecule has 1 aliphatic rings. The van der Waals surface area contributed by atoms with Gasteiger partial charge < -0.3 is 10.6 Å². The molecule has 1 atom stereocenters. The van der Waals surface area contributed by atoms with Gasteiger partial charge in [-0.05, 0) is 42.7 Å². The van der Waals surface area contributed by atoms with Gasteiger partial charge in [-0.3, -0.25) is 4.79 Å². The first-order valence-corrected chi connectivity index (χ1v) is 7.23. The zero-order valence-corrected chi connectivity index (χ0v) is 11.1. The lowest BCUT2D eigenvalue weighted by atomic mass is 10.0. The lowest BCUT2D eigenvalue weighted by Crippen LogP contribution is -2.47. The molecule has 17 heavy (non-hydrogen) atoms. The maximum atomic E-state index is 12.5. The average molecular weight is 252 g/mol. The van der Waals surface area contributed by atoms with Crippen LogP contribution in [0.4, 0.5) is 0 Å². The van der Waals surface area contributed by atoms with Crippen LogP contribution >= 0.6 is 11.3 Å². The van der Waals surface area contributed by atoms with Gasteiger partial charge in [-0.2, -0.15) is 0 Å². The van der Waals surface area contributed by atoms with E-state index in [1.165, 1.54) is 12.0 Å². The van der Waals surface area contributed by atoms with Crippen molar-refractivity contribution in [2.75, 3.05) is 13.1 Å². The average Bonchev–Trinajstić information content (AvgIpc) is 2.86. The minimum atomic E-state index is 0.187. The van der Waals surface area contributed by atoms with E-state index >= 15 is 0 Å². The monoisotopic (exact) mass is 252 g/mol. The van der Waals surface area contributed by atoms with Crippen LogP contribution < -0.4 is 5.73 Å². The van der Waals surface area contributed by atoms with Crippen LogP contribution in [0.3, 0.4) is 0 Å². The van der Waals surface area contributed by atoms with E-state index in [9.17, 15) is 4.79 Å². The minimum Gasteiger partial charge on any atom is -0.334 e. The summed E-state index contributed by atoms with van der Waals surface area (Å²) < 4.78 is 0. The van der Waals surface area contributed by atoms with Gasteiger partial charge in [0.2, 0.25) is 0 Å². The molecule has 2 rings (SSSR count). The van der Waals surface area contributed by atoms with Gasteiger partial charge in [0.1, 0.15) is 0 Å². The van der Waals surface area contributed by atoms with E-state index in [0.717, 1.165) is 30.7 Å². The summed E-state index contributed by atoms with van der Waals surface area (Å²) in [6.07, 6.45) is 4.27. The fourth-order valence-corrected chi connectivity index (χ4v) is 3.40. The van der Waals surface area contributed by atoms with Crippen molar-refractivity contribution in [1.82, 2.24) is 4.90 Å². The largest absolute Gasteiger partial charge is 0.334 e. The van der Waals surface area contributed by atoms with E-state index in [4.69, 9.17) is 5.73 Å². The molecule has 1 fully saturated rings. The predicted molar refractivity (Wildman–Crippen MR) is 71.4 cm³/mol. The zero-order chi connectivity index (χ0) is 12.3. The maximum absolute atomic E-state index is 12.5. The van der Waals surface area contributed by atoms with Crippen LogP contribution in [0.5, 0.6) is 0 Å². The van der Waals surface area contributed by atoms with Gasteiger partial charge in [-0.25, -0.2) is 0 Å². The second-order valence-electron chi connectivity index (χ2n) is 4.51. The van der Waals surface area contributed by atoms with Gasteiger partial charge in [0.05, 0.1) is 4.88 Å². The normalized spacial score (nSPS) is 20.6. The molecule has 1 aromatic rings. The van der Waals surface area contributed by atoms with Crippen LogP contribution in [0.15, 0.2) is 11.4 Å². The SMILES string of the molecule is CCc1ccsc1C(=O)N1CCCC[C@H]1CN. The van der Waals surface area contributed by atoms with Gasteiger partial charge in [0.25, 0.3) is 5.91 Å². The number of thiophene rings is 1. The molecule has 0 saturated carbocycles. The standard InChI is InChI=1S/C13H20N2OS/c1-2-10-6-8-17-12(10)13(16)15-7-4-3-5-11(15)9-14/h6,8,11H,2-5,7,9,14H2,1H3/t11-/m0/s1. The molecule has 4 heteroatoms. The maximum Gasteiger partial charge on any atom is 0.264 e. The van der Waals surface area contributed by atoms with Crippen LogP contribution in [0.2, 0.25) is 0 Å². The molecule has 0 aliphatic carbocycles. The van der Waals surface area contributed by atoms with Gasteiger partial charge >= 0.3 is 0 Å². The van der Waals surface area contributed by atoms with E-state index in [0.29, 0.717) is 6.54 Å². The number of carbonyl (C=O) groups excluding carboxylic acids is 1. The molecule has 0 aromatic carbocycles. The summed E-state index contributed by atoms with van der Waals surface area (Å²) in [6, 6.07) is 2.29. The molecular weight excluding hydrogens is 232 g/mol. The molecule has 1 amide bonds. The number of rotatable bonds is 3. The summed E-state index contributed by atoms with van der Waals surface area (Å²) in [7, 11) is 0. The Morgan fingerprint density at radius 3 is 3.12 bits per heavy atom. The van der Waals surface area contributed by atoms with Crippen molar-refractivity contribution in [2.24, 2.45) is 5.73 Å². The minimum absolute atomic E-state index is 0.187. The number of piperidine rings is 1. The van der Waals surface area contributed by atoms with E-state index < -0.39 is 0 Å². The Kier molecular flexibility index (Phi) is 4.18. The smallest absolute Gasteiger partial charge is 0.264 e. The van der Waals surface area contributed by atoms with Crippen molar-refractivity contribution < 1.29 is 4.79 Å². The molecule has 0 unspecified atom stereocenters. The third-order valence-corrected chi connectivity index (χ3v) is 4.43. The molecule has 2 N–H and O–H groups in total. The Morgan fingerprint density at radius 2 is 2.41 bits per heavy atom. The van der Waals surface area contributed by atoms with Crippen LogP contribution in [-0.4, -0.2) is 29.9 Å². The molecule has 1 aliphatic heterocycles. The number of carbonyl (C=O) groups is 1. The summed E-state index contributed by atoms with van der Waals surface area (Å²) in [5.74, 6) is 0.187. The quantitative estimate of drug-likeness (QED) is 0.897. The fourth-order valence-electron chi connectivity index (χ4n) is 2.45. The van der Waals surface area contributed by atoms with Gasteiger partial charge in [-0.15, -0.1) is 11.3 Å². The molecule has 3 nitrogen and oxygen atoms in total. The Morgan fingerprint density at radius 1 is 1.59 bits per heavy atom. The number of hydrogen-bond acceptors (Lipinski definition) is 3. The predicted octanol–water partition coefficient (Wildman–Crippen LogP) is 2.26. The molecule has 94 valence electrons. The summed E-state index contributed by atoms with van der Waals surface area (Å²) >= 11 is 1.56. The van der Waals surface area contributed by atoms with Gasteiger partial charge in [0, 0.05) is 19.1 Å². The number of nitrogens with two attached hydrogens (primary N) is 1. The van der Waals surface area contributed by atoms with Crippen molar-refractivity contribution in [1.29, 1.82) is 0 Å². The van der Waals surface area contributed by atoms with Crippen molar-refractivity contribution in [3.8, 4) is 0 Å². The number of nitrogens with zero attached hydrogens (tertiary/aromatic N) is 1. The van der Waals surface area contributed by atoms with Crippen molar-refractivity contribution in [3.05, 3.63) is 21.9 Å². The first-order chi connectivity index (χ1) is 8.27. The lowest BCUT2D eigenvalue weighted by Gasteiger charge is -2.35. The highest BCUT2D eigenvalue weighted by molar-refractivity contribution is 7.12. The highest BCUT2D eigenvalue weighted by atomic mass is 32.1. The zero-order valence-electron chi connectivity index (χ0n) is 10.3. The first-order valence-electron chi connectivity index (χ1n) is 6.35. The molecule has 2 heterocycles. The van der Waals surface area contributed by atoms with E-state index in [-0.39, 0.29) is 11.9 Å². The second-order valence-corrected chi connectivity index (χ2v) is 5.43. The molecule has 1 saturated heterocycles. The van der Waals surface area contributed by atoms with E-state index in [1.54, 1.807) is 11.3 Å². The molecule has 0 radical (unpaired) electrons.